The summed E-state index contributed by atoms with van der Waals surface area (Å²) < 4.78 is 5.85. The highest BCUT2D eigenvalue weighted by Gasteiger charge is 2.42. The molecular weight excluding hydrogens is 438 g/mol. The highest BCUT2D eigenvalue weighted by Crippen LogP contribution is 2.44. The van der Waals surface area contributed by atoms with Crippen LogP contribution in [0.15, 0.2) is 78.9 Å². The van der Waals surface area contributed by atoms with Crippen LogP contribution in [0, 0.1) is 0 Å². The number of phenolic OH excluding ortho intramolecular Hbond substituents is 1. The minimum atomic E-state index is -0.320. The molecule has 5 rings (SSSR count). The van der Waals surface area contributed by atoms with Crippen LogP contribution in [0.1, 0.15) is 53.0 Å². The molecule has 0 unspecified atom stereocenters. The topological polar surface area (TPSA) is 78.5 Å². The van der Waals surface area contributed by atoms with Crippen LogP contribution in [0.2, 0.25) is 0 Å². The van der Waals surface area contributed by atoms with Crippen molar-refractivity contribution in [2.75, 3.05) is 13.2 Å². The van der Waals surface area contributed by atoms with Gasteiger partial charge in [-0.3, -0.25) is 9.89 Å². The van der Waals surface area contributed by atoms with E-state index in [1.54, 1.807) is 12.1 Å². The summed E-state index contributed by atoms with van der Waals surface area (Å²) in [6.07, 6.45) is 2.83. The summed E-state index contributed by atoms with van der Waals surface area (Å²) in [6, 6.07) is 24.9. The van der Waals surface area contributed by atoms with Crippen LogP contribution >= 0.6 is 0 Å². The number of aromatic nitrogens is 2. The van der Waals surface area contributed by atoms with E-state index >= 15 is 0 Å². The zero-order chi connectivity index (χ0) is 24.2. The maximum Gasteiger partial charge on any atom is 0.273 e. The fraction of sp³-hybridized carbons (Fsp3) is 0.241. The van der Waals surface area contributed by atoms with Gasteiger partial charge < -0.3 is 14.7 Å². The molecule has 0 fully saturated rings. The van der Waals surface area contributed by atoms with Crippen molar-refractivity contribution < 1.29 is 14.6 Å². The SMILES string of the molecule is CCCCOc1ccc([C@@H]2c3c(-c4ccccc4O)n[nH]c3C(=O)N2CCc2ccccc2)cc1. The first-order valence-electron chi connectivity index (χ1n) is 12.1. The first-order chi connectivity index (χ1) is 17.2. The zero-order valence-electron chi connectivity index (χ0n) is 19.8. The van der Waals surface area contributed by atoms with Crippen LogP contribution in [0.3, 0.4) is 0 Å². The van der Waals surface area contributed by atoms with Crippen LogP contribution in [0.5, 0.6) is 11.5 Å². The Kier molecular flexibility index (Phi) is 6.53. The number of nitrogens with zero attached hydrogens (tertiary/aromatic N) is 2. The predicted molar refractivity (Wildman–Crippen MR) is 136 cm³/mol. The number of amides is 1. The van der Waals surface area contributed by atoms with Crippen molar-refractivity contribution in [3.63, 3.8) is 0 Å². The summed E-state index contributed by atoms with van der Waals surface area (Å²) in [6.45, 7) is 3.38. The predicted octanol–water partition coefficient (Wildman–Crippen LogP) is 5.75. The molecule has 2 N–H and O–H groups in total. The molecule has 0 spiro atoms. The monoisotopic (exact) mass is 467 g/mol. The van der Waals surface area contributed by atoms with Gasteiger partial charge in [-0.05, 0) is 48.2 Å². The third kappa shape index (κ3) is 4.52. The molecule has 0 saturated carbocycles. The van der Waals surface area contributed by atoms with E-state index in [1.165, 1.54) is 5.56 Å². The van der Waals surface area contributed by atoms with Crippen molar-refractivity contribution in [2.24, 2.45) is 0 Å². The van der Waals surface area contributed by atoms with Gasteiger partial charge in [-0.25, -0.2) is 0 Å². The summed E-state index contributed by atoms with van der Waals surface area (Å²) in [5.41, 5.74) is 4.63. The number of hydrogen-bond donors (Lipinski definition) is 2. The number of phenols is 1. The first kappa shape index (κ1) is 22.7. The molecule has 0 aliphatic carbocycles. The van der Waals surface area contributed by atoms with E-state index in [0.29, 0.717) is 30.1 Å². The number of ether oxygens (including phenoxy) is 1. The van der Waals surface area contributed by atoms with E-state index in [-0.39, 0.29) is 17.7 Å². The number of nitrogens with one attached hydrogen (secondary N) is 1. The van der Waals surface area contributed by atoms with Gasteiger partial charge in [-0.2, -0.15) is 5.10 Å². The van der Waals surface area contributed by atoms with E-state index in [0.717, 1.165) is 36.1 Å². The molecule has 3 aromatic carbocycles. The fourth-order valence-corrected chi connectivity index (χ4v) is 4.63. The van der Waals surface area contributed by atoms with Gasteiger partial charge in [0.15, 0.2) is 0 Å². The van der Waals surface area contributed by atoms with Crippen LogP contribution < -0.4 is 4.74 Å². The van der Waals surface area contributed by atoms with Gasteiger partial charge in [0.2, 0.25) is 0 Å². The lowest BCUT2D eigenvalue weighted by atomic mass is 9.95. The summed E-state index contributed by atoms with van der Waals surface area (Å²) in [5.74, 6) is 0.865. The molecule has 1 amide bonds. The standard InChI is InChI=1S/C29H29N3O3/c1-2-3-19-35-22-15-13-21(14-16-22)28-25-26(23-11-7-8-12-24(23)33)30-31-27(25)29(34)32(28)18-17-20-9-5-4-6-10-20/h4-16,28,33H,2-3,17-19H2,1H3,(H,30,31)/t28-/m1/s1. The number of carbonyl (C=O) groups excluding carboxylic acids is 1. The number of unbranched alkanes of at least 4 members (excludes halogenated alkanes) is 1. The quantitative estimate of drug-likeness (QED) is 0.307. The second kappa shape index (κ2) is 10.1. The summed E-state index contributed by atoms with van der Waals surface area (Å²) >= 11 is 0. The lowest BCUT2D eigenvalue weighted by molar-refractivity contribution is 0.0746. The van der Waals surface area contributed by atoms with Gasteiger partial charge in [0.1, 0.15) is 22.9 Å². The van der Waals surface area contributed by atoms with Gasteiger partial charge >= 0.3 is 0 Å². The number of benzene rings is 3. The van der Waals surface area contributed by atoms with Gasteiger partial charge in [-0.1, -0.05) is 67.9 Å². The maximum absolute atomic E-state index is 13.5. The molecule has 6 nitrogen and oxygen atoms in total. The average Bonchev–Trinajstić information content (AvgIpc) is 3.43. The number of fused-ring (bicyclic) bond motifs is 1. The molecule has 0 saturated heterocycles. The second-order valence-electron chi connectivity index (χ2n) is 8.79. The molecule has 0 bridgehead atoms. The van der Waals surface area contributed by atoms with E-state index in [9.17, 15) is 9.90 Å². The van der Waals surface area contributed by atoms with Crippen LogP contribution in [-0.2, 0) is 6.42 Å². The van der Waals surface area contributed by atoms with Gasteiger partial charge in [-0.15, -0.1) is 0 Å². The van der Waals surface area contributed by atoms with Gasteiger partial charge in [0, 0.05) is 17.7 Å². The lowest BCUT2D eigenvalue weighted by Crippen LogP contribution is -2.31. The molecule has 4 aromatic rings. The molecule has 6 heteroatoms. The number of aromatic hydroxyl groups is 1. The van der Waals surface area contributed by atoms with Crippen molar-refractivity contribution >= 4 is 5.91 Å². The average molecular weight is 468 g/mol. The number of para-hydroxylation sites is 1. The van der Waals surface area contributed by atoms with Crippen molar-refractivity contribution in [2.45, 2.75) is 32.2 Å². The Morgan fingerprint density at radius 1 is 1.00 bits per heavy atom. The Morgan fingerprint density at radius 2 is 1.74 bits per heavy atom. The Bertz CT molecular complexity index is 1300. The Balaban J connectivity index is 1.52. The summed E-state index contributed by atoms with van der Waals surface area (Å²) in [5, 5.41) is 17.9. The summed E-state index contributed by atoms with van der Waals surface area (Å²) in [7, 11) is 0. The van der Waals surface area contributed by atoms with E-state index < -0.39 is 0 Å². The Hall–Kier alpha value is -4.06. The molecule has 0 radical (unpaired) electrons. The van der Waals surface area contributed by atoms with Gasteiger partial charge in [0.05, 0.1) is 12.6 Å². The van der Waals surface area contributed by atoms with Crippen LogP contribution in [0.4, 0.5) is 0 Å². The minimum Gasteiger partial charge on any atom is -0.507 e. The number of aromatic amines is 1. The van der Waals surface area contributed by atoms with Crippen LogP contribution in [0.25, 0.3) is 11.3 Å². The van der Waals surface area contributed by atoms with E-state index in [1.807, 2.05) is 59.5 Å². The molecule has 35 heavy (non-hydrogen) atoms. The van der Waals surface area contributed by atoms with Crippen molar-refractivity contribution in [3.05, 3.63) is 101 Å². The normalized spacial score (nSPS) is 14.8. The Morgan fingerprint density at radius 3 is 2.49 bits per heavy atom. The molecule has 2 heterocycles. The molecule has 1 aliphatic rings. The highest BCUT2D eigenvalue weighted by molar-refractivity contribution is 6.00. The number of carbonyl (C=O) groups is 1. The molecule has 1 aromatic heterocycles. The van der Waals surface area contributed by atoms with Crippen molar-refractivity contribution in [1.29, 1.82) is 0 Å². The highest BCUT2D eigenvalue weighted by atomic mass is 16.5. The van der Waals surface area contributed by atoms with Crippen molar-refractivity contribution in [1.82, 2.24) is 15.1 Å². The smallest absolute Gasteiger partial charge is 0.273 e. The molecule has 1 atom stereocenters. The molecular formula is C29H29N3O3. The fourth-order valence-electron chi connectivity index (χ4n) is 4.63. The largest absolute Gasteiger partial charge is 0.507 e. The van der Waals surface area contributed by atoms with E-state index in [4.69, 9.17) is 4.74 Å². The molecule has 1 aliphatic heterocycles. The number of H-pyrrole nitrogens is 1. The van der Waals surface area contributed by atoms with Gasteiger partial charge in [0.25, 0.3) is 5.91 Å². The number of rotatable bonds is 9. The maximum atomic E-state index is 13.5. The van der Waals surface area contributed by atoms with Crippen LogP contribution in [-0.4, -0.2) is 39.3 Å². The number of hydrogen-bond acceptors (Lipinski definition) is 4. The molecule has 178 valence electrons. The summed E-state index contributed by atoms with van der Waals surface area (Å²) in [4.78, 5) is 15.4. The third-order valence-corrected chi connectivity index (χ3v) is 6.47. The van der Waals surface area contributed by atoms with E-state index in [2.05, 4.69) is 29.3 Å². The first-order valence-corrected chi connectivity index (χ1v) is 12.1. The Labute approximate surface area is 205 Å². The minimum absolute atomic E-state index is 0.0848. The zero-order valence-corrected chi connectivity index (χ0v) is 19.8. The third-order valence-electron chi connectivity index (χ3n) is 6.47. The van der Waals surface area contributed by atoms with Crippen molar-refractivity contribution in [3.8, 4) is 22.8 Å². The lowest BCUT2D eigenvalue weighted by Gasteiger charge is -2.26. The second-order valence-corrected chi connectivity index (χ2v) is 8.79.